The molecule has 7 nitrogen and oxygen atoms in total. The predicted molar refractivity (Wildman–Crippen MR) is 139 cm³/mol. The van der Waals surface area contributed by atoms with E-state index in [4.69, 9.17) is 16.3 Å². The van der Waals surface area contributed by atoms with E-state index in [2.05, 4.69) is 44.4 Å². The van der Waals surface area contributed by atoms with E-state index in [1.54, 1.807) is 4.90 Å². The number of carbonyl (C=O) groups is 1. The maximum atomic E-state index is 12.7. The van der Waals surface area contributed by atoms with Gasteiger partial charge in [0.1, 0.15) is 11.4 Å². The molecule has 1 aliphatic heterocycles. The molecule has 0 spiro atoms. The molecule has 3 aliphatic carbocycles. The molecule has 188 valence electrons. The molecule has 1 saturated carbocycles. The first kappa shape index (κ1) is 23.5. The van der Waals surface area contributed by atoms with Crippen LogP contribution in [-0.2, 0) is 4.74 Å². The first-order valence-corrected chi connectivity index (χ1v) is 13.4. The Balaban J connectivity index is 1.24. The highest BCUT2D eigenvalue weighted by Gasteiger charge is 2.38. The molecule has 1 aromatic carbocycles. The number of hydrogen-bond acceptors (Lipinski definition) is 5. The number of hydrogen-bond donors (Lipinski definition) is 1. The lowest BCUT2D eigenvalue weighted by Crippen LogP contribution is -2.36. The zero-order valence-electron chi connectivity index (χ0n) is 21.1. The van der Waals surface area contributed by atoms with Crippen molar-refractivity contribution in [2.45, 2.75) is 82.8 Å². The summed E-state index contributed by atoms with van der Waals surface area (Å²) >= 11 is 6.50. The first-order chi connectivity index (χ1) is 17.3. The van der Waals surface area contributed by atoms with Gasteiger partial charge in [-0.1, -0.05) is 35.9 Å². The molecule has 1 amide bonds. The largest absolute Gasteiger partial charge is 0.444 e. The number of rotatable bonds is 3. The molecule has 2 aromatic heterocycles. The number of imidazole rings is 1. The quantitative estimate of drug-likeness (QED) is 0.413. The van der Waals surface area contributed by atoms with Crippen LogP contribution in [0, 0.1) is 0 Å². The Bertz CT molecular complexity index is 1290. The van der Waals surface area contributed by atoms with E-state index in [0.717, 1.165) is 41.2 Å². The molecule has 1 atom stereocenters. The third-order valence-electron chi connectivity index (χ3n) is 7.81. The summed E-state index contributed by atoms with van der Waals surface area (Å²) in [4.78, 5) is 22.6. The molecule has 36 heavy (non-hydrogen) atoms. The van der Waals surface area contributed by atoms with E-state index in [1.165, 1.54) is 36.8 Å². The molecule has 3 heterocycles. The third-order valence-corrected chi connectivity index (χ3v) is 8.09. The van der Waals surface area contributed by atoms with Gasteiger partial charge in [0.15, 0.2) is 5.15 Å². The highest BCUT2D eigenvalue weighted by Crippen LogP contribution is 2.53. The molecule has 2 fully saturated rings. The van der Waals surface area contributed by atoms with Gasteiger partial charge in [-0.15, -0.1) is 10.2 Å². The predicted octanol–water partition coefficient (Wildman–Crippen LogP) is 7.01. The van der Waals surface area contributed by atoms with Crippen molar-refractivity contribution in [3.63, 3.8) is 0 Å². The van der Waals surface area contributed by atoms with Gasteiger partial charge in [0.25, 0.3) is 0 Å². The van der Waals surface area contributed by atoms with Gasteiger partial charge in [-0.3, -0.25) is 4.90 Å². The van der Waals surface area contributed by atoms with Crippen LogP contribution in [0.4, 0.5) is 4.79 Å². The second-order valence-electron chi connectivity index (χ2n) is 11.3. The number of ether oxygens (including phenoxy) is 1. The van der Waals surface area contributed by atoms with Crippen molar-refractivity contribution in [2.24, 2.45) is 0 Å². The number of carbonyl (C=O) groups excluding carboxylic acids is 1. The van der Waals surface area contributed by atoms with Crippen molar-refractivity contribution in [1.82, 2.24) is 25.1 Å². The fraction of sp³-hybridized carbons (Fsp3) is 0.500. The Morgan fingerprint density at radius 3 is 2.36 bits per heavy atom. The van der Waals surface area contributed by atoms with Gasteiger partial charge in [-0.05, 0) is 82.3 Å². The van der Waals surface area contributed by atoms with Gasteiger partial charge < -0.3 is 9.72 Å². The number of aromatic nitrogens is 4. The smallest absolute Gasteiger partial charge is 0.410 e. The maximum absolute atomic E-state index is 12.7. The number of H-pyrrole nitrogens is 1. The highest BCUT2D eigenvalue weighted by molar-refractivity contribution is 6.30. The Kier molecular flexibility index (Phi) is 5.78. The van der Waals surface area contributed by atoms with E-state index < -0.39 is 5.60 Å². The molecule has 1 saturated heterocycles. The van der Waals surface area contributed by atoms with Gasteiger partial charge in [-0.25, -0.2) is 9.78 Å². The molecular weight excluding hydrogens is 474 g/mol. The molecule has 7 rings (SSSR count). The summed E-state index contributed by atoms with van der Waals surface area (Å²) in [5.74, 6) is 1.85. The van der Waals surface area contributed by atoms with Crippen LogP contribution in [0.15, 0.2) is 30.5 Å². The van der Waals surface area contributed by atoms with Gasteiger partial charge in [0, 0.05) is 17.7 Å². The lowest BCUT2D eigenvalue weighted by atomic mass is 9.66. The average molecular weight is 506 g/mol. The minimum atomic E-state index is -0.520. The van der Waals surface area contributed by atoms with Crippen molar-refractivity contribution in [3.05, 3.63) is 52.6 Å². The minimum absolute atomic E-state index is 0.0980. The standard InChI is InChI=1S/C28H32ClN5O2/c1-28(2,3)36-27(35)34-14-4-5-21(34)26-30-15-20(31-26)16-6-12-19(13-7-16)24-22-17-8-10-18(11-9-17)23(22)25(29)33-32-24/h6-7,12-13,15,17-18,21H,4-5,8-11,14H2,1-3H3,(H,30,31). The molecule has 3 aromatic rings. The lowest BCUT2D eigenvalue weighted by molar-refractivity contribution is 0.0218. The second kappa shape index (κ2) is 8.87. The van der Waals surface area contributed by atoms with Gasteiger partial charge in [0.2, 0.25) is 0 Å². The fourth-order valence-corrected chi connectivity index (χ4v) is 6.47. The van der Waals surface area contributed by atoms with E-state index >= 15 is 0 Å². The van der Waals surface area contributed by atoms with E-state index in [1.807, 2.05) is 27.0 Å². The summed E-state index contributed by atoms with van der Waals surface area (Å²) < 4.78 is 5.61. The first-order valence-electron chi connectivity index (χ1n) is 13.0. The van der Waals surface area contributed by atoms with Crippen molar-refractivity contribution in [2.75, 3.05) is 6.54 Å². The summed E-state index contributed by atoms with van der Waals surface area (Å²) in [6.07, 6.45) is 8.20. The SMILES string of the molecule is CC(C)(C)OC(=O)N1CCCC1c1ncc(-c2ccc(-c3nnc(Cl)c4c3C3CCC4CC3)cc2)[nH]1. The number of aromatic amines is 1. The monoisotopic (exact) mass is 505 g/mol. The molecule has 1 N–H and O–H groups in total. The van der Waals surface area contributed by atoms with Gasteiger partial charge in [-0.2, -0.15) is 0 Å². The normalized spacial score (nSPS) is 23.1. The van der Waals surface area contributed by atoms with Crippen molar-refractivity contribution < 1.29 is 9.53 Å². The average Bonchev–Trinajstić information content (AvgIpc) is 3.54. The highest BCUT2D eigenvalue weighted by atomic mass is 35.5. The summed E-state index contributed by atoms with van der Waals surface area (Å²) in [7, 11) is 0. The van der Waals surface area contributed by atoms with Crippen LogP contribution in [0.1, 0.15) is 94.1 Å². The van der Waals surface area contributed by atoms with Crippen molar-refractivity contribution >= 4 is 17.7 Å². The van der Waals surface area contributed by atoms with Gasteiger partial charge >= 0.3 is 6.09 Å². The van der Waals surface area contributed by atoms with Crippen LogP contribution >= 0.6 is 11.6 Å². The fourth-order valence-electron chi connectivity index (χ4n) is 6.18. The Labute approximate surface area is 216 Å². The number of fused-ring (bicyclic) bond motifs is 2. The molecule has 0 radical (unpaired) electrons. The van der Waals surface area contributed by atoms with Crippen LogP contribution in [0.2, 0.25) is 5.15 Å². The number of amides is 1. The molecule has 2 bridgehead atoms. The molecule has 4 aliphatic rings. The van der Waals surface area contributed by atoms with Crippen LogP contribution in [0.5, 0.6) is 0 Å². The Morgan fingerprint density at radius 1 is 1.00 bits per heavy atom. The number of likely N-dealkylation sites (tertiary alicyclic amines) is 1. The topological polar surface area (TPSA) is 84.0 Å². The van der Waals surface area contributed by atoms with Crippen LogP contribution in [0.25, 0.3) is 22.5 Å². The maximum Gasteiger partial charge on any atom is 0.410 e. The van der Waals surface area contributed by atoms with Crippen molar-refractivity contribution in [1.29, 1.82) is 0 Å². The zero-order valence-corrected chi connectivity index (χ0v) is 21.8. The number of nitrogens with zero attached hydrogens (tertiary/aromatic N) is 4. The van der Waals surface area contributed by atoms with Crippen molar-refractivity contribution in [3.8, 4) is 22.5 Å². The Hall–Kier alpha value is -2.93. The molecule has 1 unspecified atom stereocenters. The second-order valence-corrected chi connectivity index (χ2v) is 11.7. The number of halogens is 1. The molecular formula is C28H32ClN5O2. The summed E-state index contributed by atoms with van der Waals surface area (Å²) in [6, 6.07) is 8.31. The zero-order chi connectivity index (χ0) is 25.0. The number of nitrogens with one attached hydrogen (secondary N) is 1. The third kappa shape index (κ3) is 4.17. The number of benzene rings is 1. The minimum Gasteiger partial charge on any atom is -0.444 e. The Morgan fingerprint density at radius 2 is 1.67 bits per heavy atom. The van der Waals surface area contributed by atoms with Crippen LogP contribution < -0.4 is 0 Å². The van der Waals surface area contributed by atoms with Gasteiger partial charge in [0.05, 0.1) is 23.6 Å². The lowest BCUT2D eigenvalue weighted by Gasteiger charge is -2.39. The van der Waals surface area contributed by atoms with Crippen LogP contribution in [0.3, 0.4) is 0 Å². The summed E-state index contributed by atoms with van der Waals surface area (Å²) in [5, 5.41) is 9.43. The summed E-state index contributed by atoms with van der Waals surface area (Å²) in [5.41, 5.74) is 6.04. The van der Waals surface area contributed by atoms with E-state index in [0.29, 0.717) is 23.5 Å². The van der Waals surface area contributed by atoms with E-state index in [9.17, 15) is 4.79 Å². The van der Waals surface area contributed by atoms with Crippen LogP contribution in [-0.4, -0.2) is 43.3 Å². The van der Waals surface area contributed by atoms with E-state index in [-0.39, 0.29) is 12.1 Å². The molecule has 8 heteroatoms. The summed E-state index contributed by atoms with van der Waals surface area (Å²) in [6.45, 7) is 6.35.